The van der Waals surface area contributed by atoms with E-state index < -0.39 is 6.17 Å². The number of piperidine rings is 1. The lowest BCUT2D eigenvalue weighted by Crippen LogP contribution is -2.50. The molecule has 2 atom stereocenters. The van der Waals surface area contributed by atoms with Gasteiger partial charge in [-0.3, -0.25) is 4.90 Å². The number of halogens is 1. The number of nitrogens with two attached hydrogens (primary N) is 1. The van der Waals surface area contributed by atoms with Crippen LogP contribution in [0.25, 0.3) is 0 Å². The number of likely N-dealkylation sites (tertiary alicyclic amines) is 1. The normalized spacial score (nSPS) is 34.6. The summed E-state index contributed by atoms with van der Waals surface area (Å²) in [4.78, 5) is 2.13. The summed E-state index contributed by atoms with van der Waals surface area (Å²) in [5, 5.41) is 0. The van der Waals surface area contributed by atoms with Gasteiger partial charge in [-0.25, -0.2) is 4.39 Å². The Hall–Kier alpha value is -0.150. The summed E-state index contributed by atoms with van der Waals surface area (Å²) in [6.45, 7) is 5.63. The predicted molar refractivity (Wildman–Crippen MR) is 44.2 cm³/mol. The quantitative estimate of drug-likeness (QED) is 0.614. The van der Waals surface area contributed by atoms with Gasteiger partial charge in [-0.15, -0.1) is 0 Å². The largest absolute Gasteiger partial charge is 0.325 e. The second kappa shape index (κ2) is 3.50. The van der Waals surface area contributed by atoms with Crippen LogP contribution in [-0.2, 0) is 0 Å². The molecule has 1 heterocycles. The first-order valence-electron chi connectivity index (χ1n) is 4.25. The lowest BCUT2D eigenvalue weighted by Gasteiger charge is -2.35. The molecule has 11 heavy (non-hydrogen) atoms. The molecule has 0 amide bonds. The molecule has 0 aromatic rings. The lowest BCUT2D eigenvalue weighted by molar-refractivity contribution is 0.0959. The molecular weight excluding hydrogens is 143 g/mol. The van der Waals surface area contributed by atoms with Crippen molar-refractivity contribution in [3.05, 3.63) is 0 Å². The van der Waals surface area contributed by atoms with Gasteiger partial charge in [-0.05, 0) is 20.3 Å². The molecule has 3 heteroatoms. The molecule has 66 valence electrons. The maximum atomic E-state index is 13.0. The van der Waals surface area contributed by atoms with E-state index in [2.05, 4.69) is 18.7 Å². The van der Waals surface area contributed by atoms with Crippen LogP contribution in [0.15, 0.2) is 0 Å². The van der Waals surface area contributed by atoms with Crippen LogP contribution in [0.3, 0.4) is 0 Å². The van der Waals surface area contributed by atoms with E-state index in [9.17, 15) is 4.39 Å². The van der Waals surface area contributed by atoms with Crippen molar-refractivity contribution < 1.29 is 4.39 Å². The summed E-state index contributed by atoms with van der Waals surface area (Å²) in [6.07, 6.45) is -0.0366. The first kappa shape index (κ1) is 8.94. The maximum absolute atomic E-state index is 13.0. The predicted octanol–water partition coefficient (Wildman–Crippen LogP) is 0.766. The highest BCUT2D eigenvalue weighted by Gasteiger charge is 2.27. The Morgan fingerprint density at radius 1 is 1.55 bits per heavy atom. The molecule has 0 aliphatic carbocycles. The van der Waals surface area contributed by atoms with Gasteiger partial charge in [0, 0.05) is 25.2 Å². The Labute approximate surface area is 67.6 Å². The molecule has 0 radical (unpaired) electrons. The summed E-state index contributed by atoms with van der Waals surface area (Å²) in [5.74, 6) is 0. The van der Waals surface area contributed by atoms with Gasteiger partial charge in [-0.2, -0.15) is 0 Å². The van der Waals surface area contributed by atoms with E-state index in [1.807, 2.05) is 0 Å². The number of alkyl halides is 1. The average Bonchev–Trinajstić information content (AvgIpc) is 1.94. The Balaban J connectivity index is 2.40. The van der Waals surface area contributed by atoms with Crippen LogP contribution in [0.1, 0.15) is 20.3 Å². The Bertz CT molecular complexity index is 127. The molecular formula is C8H17FN2. The molecule has 0 aromatic carbocycles. The van der Waals surface area contributed by atoms with E-state index in [0.29, 0.717) is 12.6 Å². The highest BCUT2D eigenvalue weighted by molar-refractivity contribution is 4.83. The van der Waals surface area contributed by atoms with Crippen molar-refractivity contribution in [2.75, 3.05) is 13.1 Å². The first-order chi connectivity index (χ1) is 5.11. The number of rotatable bonds is 1. The molecule has 0 unspecified atom stereocenters. The Kier molecular flexibility index (Phi) is 2.84. The van der Waals surface area contributed by atoms with Crippen LogP contribution in [-0.4, -0.2) is 36.2 Å². The first-order valence-corrected chi connectivity index (χ1v) is 4.25. The van der Waals surface area contributed by atoms with Gasteiger partial charge in [0.05, 0.1) is 0 Å². The van der Waals surface area contributed by atoms with E-state index >= 15 is 0 Å². The molecule has 0 bridgehead atoms. The minimum Gasteiger partial charge on any atom is -0.325 e. The maximum Gasteiger partial charge on any atom is 0.128 e. The van der Waals surface area contributed by atoms with Gasteiger partial charge in [0.25, 0.3) is 0 Å². The highest BCUT2D eigenvalue weighted by Crippen LogP contribution is 2.14. The van der Waals surface area contributed by atoms with Gasteiger partial charge < -0.3 is 5.73 Å². The summed E-state index contributed by atoms with van der Waals surface area (Å²) in [5.41, 5.74) is 5.54. The van der Waals surface area contributed by atoms with Crippen molar-refractivity contribution in [2.45, 2.75) is 38.5 Å². The van der Waals surface area contributed by atoms with E-state index in [-0.39, 0.29) is 6.04 Å². The van der Waals surface area contributed by atoms with Crippen LogP contribution in [0.2, 0.25) is 0 Å². The van der Waals surface area contributed by atoms with Crippen molar-refractivity contribution in [1.82, 2.24) is 4.90 Å². The third-order valence-electron chi connectivity index (χ3n) is 2.35. The van der Waals surface area contributed by atoms with Crippen LogP contribution < -0.4 is 5.73 Å². The minimum absolute atomic E-state index is 0.231. The van der Waals surface area contributed by atoms with Crippen LogP contribution in [0.4, 0.5) is 4.39 Å². The smallest absolute Gasteiger partial charge is 0.128 e. The highest BCUT2D eigenvalue weighted by atomic mass is 19.1. The third-order valence-corrected chi connectivity index (χ3v) is 2.35. The summed E-state index contributed by atoms with van der Waals surface area (Å²) >= 11 is 0. The van der Waals surface area contributed by atoms with Gasteiger partial charge in [-0.1, -0.05) is 0 Å². The molecule has 2 nitrogen and oxygen atoms in total. The fraction of sp³-hybridized carbons (Fsp3) is 1.00. The van der Waals surface area contributed by atoms with Crippen LogP contribution in [0.5, 0.6) is 0 Å². The zero-order chi connectivity index (χ0) is 8.43. The van der Waals surface area contributed by atoms with E-state index in [0.717, 1.165) is 13.0 Å². The second-order valence-corrected chi connectivity index (χ2v) is 3.56. The van der Waals surface area contributed by atoms with Crippen LogP contribution in [0, 0.1) is 0 Å². The topological polar surface area (TPSA) is 29.3 Å². The van der Waals surface area contributed by atoms with Crippen molar-refractivity contribution in [2.24, 2.45) is 5.73 Å². The number of nitrogens with zero attached hydrogens (tertiary/aromatic N) is 1. The van der Waals surface area contributed by atoms with E-state index in [1.54, 1.807) is 0 Å². The van der Waals surface area contributed by atoms with Crippen molar-refractivity contribution in [1.29, 1.82) is 0 Å². The molecule has 1 aliphatic rings. The molecule has 0 saturated carbocycles. The van der Waals surface area contributed by atoms with E-state index in [1.165, 1.54) is 0 Å². The van der Waals surface area contributed by atoms with Gasteiger partial charge in [0.15, 0.2) is 0 Å². The van der Waals surface area contributed by atoms with E-state index in [4.69, 9.17) is 5.73 Å². The minimum atomic E-state index is -0.828. The molecule has 1 saturated heterocycles. The summed E-state index contributed by atoms with van der Waals surface area (Å²) in [6, 6.07) is 0.214. The monoisotopic (exact) mass is 160 g/mol. The molecule has 1 rings (SSSR count). The van der Waals surface area contributed by atoms with Crippen molar-refractivity contribution in [3.63, 3.8) is 0 Å². The molecule has 2 N–H and O–H groups in total. The van der Waals surface area contributed by atoms with Gasteiger partial charge in [0.2, 0.25) is 0 Å². The fourth-order valence-electron chi connectivity index (χ4n) is 1.42. The van der Waals surface area contributed by atoms with Crippen LogP contribution >= 0.6 is 0 Å². The summed E-state index contributed by atoms with van der Waals surface area (Å²) in [7, 11) is 0. The van der Waals surface area contributed by atoms with Crippen molar-refractivity contribution >= 4 is 0 Å². The average molecular weight is 160 g/mol. The fourth-order valence-corrected chi connectivity index (χ4v) is 1.42. The zero-order valence-corrected chi connectivity index (χ0v) is 7.26. The van der Waals surface area contributed by atoms with Crippen molar-refractivity contribution in [3.8, 4) is 0 Å². The zero-order valence-electron chi connectivity index (χ0n) is 7.26. The second-order valence-electron chi connectivity index (χ2n) is 3.56. The molecule has 0 aromatic heterocycles. The number of hydrogen-bond donors (Lipinski definition) is 1. The summed E-state index contributed by atoms with van der Waals surface area (Å²) < 4.78 is 13.0. The van der Waals surface area contributed by atoms with Gasteiger partial charge >= 0.3 is 0 Å². The molecule has 1 fully saturated rings. The molecule has 0 spiro atoms. The third kappa shape index (κ3) is 2.14. The SMILES string of the molecule is CC(C)N1CC[C@@H](N)[C@H](F)C1. The lowest BCUT2D eigenvalue weighted by atomic mass is 10.0. The standard InChI is InChI=1S/C8H17FN2/c1-6(2)11-4-3-8(10)7(9)5-11/h6-8H,3-5,10H2,1-2H3/t7-,8-/m1/s1. The molecule has 1 aliphatic heterocycles. The van der Waals surface area contributed by atoms with Gasteiger partial charge in [0.1, 0.15) is 6.17 Å². The number of hydrogen-bond acceptors (Lipinski definition) is 2. The Morgan fingerprint density at radius 3 is 2.64 bits per heavy atom. The Morgan fingerprint density at radius 2 is 2.18 bits per heavy atom.